The highest BCUT2D eigenvalue weighted by molar-refractivity contribution is 5.89. The van der Waals surface area contributed by atoms with Gasteiger partial charge in [-0.15, -0.1) is 0 Å². The molecule has 212 valence electrons. The molecule has 7 N–H and O–H groups in total. The predicted molar refractivity (Wildman–Crippen MR) is 123 cm³/mol. The van der Waals surface area contributed by atoms with Crippen molar-refractivity contribution < 1.29 is 49.0 Å². The molecular formula is C22H32N4O12. The molecule has 10 atom stereocenters. The van der Waals surface area contributed by atoms with Gasteiger partial charge >= 0.3 is 5.69 Å². The lowest BCUT2D eigenvalue weighted by atomic mass is 9.97. The fraction of sp³-hybridized carbons (Fsp3) is 0.727. The molecule has 0 aliphatic carbocycles. The second-order valence-electron chi connectivity index (χ2n) is 9.35. The molecular weight excluding hydrogens is 512 g/mol. The predicted octanol–water partition coefficient (Wildman–Crippen LogP) is -4.58. The standard InChI is InChI=1S/C22H32N4O12/c1-35-16-10(37-20(15(16)31)26-7-5-11(27)25-22(26)34)8-36-21-14(30)12(28)13(29)17(38-21)19(33)24-9-4-2-3-6-23-18(9)32/h5,7,9-10,12-17,20-21,28-31H,2-4,6,8H2,1H3,(H,23,32)(H,24,33)(H,25,27,34)/t9-,10+,12-,13-,14-,15+,16+,17-,20+,21-/m0/s1. The number of aromatic nitrogens is 2. The highest BCUT2D eigenvalue weighted by atomic mass is 16.7. The van der Waals surface area contributed by atoms with Gasteiger partial charge in [0.15, 0.2) is 18.6 Å². The van der Waals surface area contributed by atoms with E-state index in [-0.39, 0.29) is 5.91 Å². The Morgan fingerprint density at radius 3 is 2.58 bits per heavy atom. The number of aliphatic hydroxyl groups is 4. The van der Waals surface area contributed by atoms with E-state index in [1.807, 2.05) is 0 Å². The van der Waals surface area contributed by atoms with Gasteiger partial charge in [0.25, 0.3) is 11.5 Å². The van der Waals surface area contributed by atoms with Crippen LogP contribution in [0.2, 0.25) is 0 Å². The Balaban J connectivity index is 1.42. The Hall–Kier alpha value is -2.70. The number of carbonyl (C=O) groups excluding carboxylic acids is 2. The van der Waals surface area contributed by atoms with Crippen molar-refractivity contribution in [2.75, 3.05) is 20.3 Å². The van der Waals surface area contributed by atoms with Crippen LogP contribution in [-0.2, 0) is 28.5 Å². The number of nitrogens with one attached hydrogen (secondary N) is 3. The zero-order chi connectivity index (χ0) is 27.6. The van der Waals surface area contributed by atoms with Crippen molar-refractivity contribution >= 4 is 11.8 Å². The van der Waals surface area contributed by atoms with Crippen LogP contribution in [0, 0.1) is 0 Å². The van der Waals surface area contributed by atoms with Crippen LogP contribution in [0.25, 0.3) is 0 Å². The number of hydrogen-bond acceptors (Lipinski definition) is 12. The highest BCUT2D eigenvalue weighted by Crippen LogP contribution is 2.31. The summed E-state index contributed by atoms with van der Waals surface area (Å²) in [6.45, 7) is 0.0841. The van der Waals surface area contributed by atoms with Gasteiger partial charge in [0, 0.05) is 25.9 Å². The van der Waals surface area contributed by atoms with Gasteiger partial charge in [-0.25, -0.2) is 4.79 Å². The zero-order valence-electron chi connectivity index (χ0n) is 20.5. The molecule has 0 spiro atoms. The maximum Gasteiger partial charge on any atom is 0.330 e. The summed E-state index contributed by atoms with van der Waals surface area (Å²) in [6, 6.07) is 0.222. The van der Waals surface area contributed by atoms with E-state index >= 15 is 0 Å². The Morgan fingerprint density at radius 2 is 1.87 bits per heavy atom. The van der Waals surface area contributed by atoms with Crippen LogP contribution in [0.5, 0.6) is 0 Å². The summed E-state index contributed by atoms with van der Waals surface area (Å²) in [6.07, 6.45) is -10.3. The maximum absolute atomic E-state index is 12.8. The van der Waals surface area contributed by atoms with Gasteiger partial charge in [-0.1, -0.05) is 0 Å². The molecule has 3 saturated heterocycles. The van der Waals surface area contributed by atoms with E-state index in [4.69, 9.17) is 18.9 Å². The summed E-state index contributed by atoms with van der Waals surface area (Å²) < 4.78 is 23.0. The summed E-state index contributed by atoms with van der Waals surface area (Å²) >= 11 is 0. The molecule has 2 amide bonds. The molecule has 0 saturated carbocycles. The molecule has 4 heterocycles. The van der Waals surface area contributed by atoms with Crippen molar-refractivity contribution in [3.8, 4) is 0 Å². The topological polar surface area (TPSA) is 231 Å². The first-order valence-electron chi connectivity index (χ1n) is 12.2. The van der Waals surface area contributed by atoms with Gasteiger partial charge < -0.3 is 50.0 Å². The number of amides is 2. The monoisotopic (exact) mass is 544 g/mol. The molecule has 0 bridgehead atoms. The van der Waals surface area contributed by atoms with Crippen molar-refractivity contribution in [2.45, 2.75) is 80.5 Å². The van der Waals surface area contributed by atoms with Crippen LogP contribution in [-0.4, -0.2) is 117 Å². The molecule has 0 unspecified atom stereocenters. The lowest BCUT2D eigenvalue weighted by Gasteiger charge is -2.40. The molecule has 16 heteroatoms. The largest absolute Gasteiger partial charge is 0.387 e. The Bertz CT molecular complexity index is 1110. The smallest absolute Gasteiger partial charge is 0.330 e. The van der Waals surface area contributed by atoms with E-state index < -0.39 is 85.1 Å². The minimum absolute atomic E-state index is 0.380. The lowest BCUT2D eigenvalue weighted by Crippen LogP contribution is -2.63. The molecule has 0 aromatic carbocycles. The fourth-order valence-electron chi connectivity index (χ4n) is 4.73. The number of carbonyl (C=O) groups is 2. The van der Waals surface area contributed by atoms with E-state index in [1.54, 1.807) is 0 Å². The van der Waals surface area contributed by atoms with Crippen LogP contribution in [0.3, 0.4) is 0 Å². The summed E-state index contributed by atoms with van der Waals surface area (Å²) in [5, 5.41) is 46.9. The molecule has 0 radical (unpaired) electrons. The van der Waals surface area contributed by atoms with Crippen LogP contribution in [0.4, 0.5) is 0 Å². The summed E-state index contributed by atoms with van der Waals surface area (Å²) in [5.74, 6) is -1.26. The molecule has 3 fully saturated rings. The van der Waals surface area contributed by atoms with Gasteiger partial charge in [0.2, 0.25) is 5.91 Å². The summed E-state index contributed by atoms with van der Waals surface area (Å²) in [4.78, 5) is 50.6. The number of nitrogens with zero attached hydrogens (tertiary/aromatic N) is 1. The normalized spacial score (nSPS) is 37.9. The number of aliphatic hydroxyl groups excluding tert-OH is 4. The molecule has 16 nitrogen and oxygen atoms in total. The highest BCUT2D eigenvalue weighted by Gasteiger charge is 2.50. The van der Waals surface area contributed by atoms with Gasteiger partial charge in [-0.3, -0.25) is 23.9 Å². The molecule has 3 aliphatic heterocycles. The second-order valence-corrected chi connectivity index (χ2v) is 9.35. The molecule has 3 aliphatic rings. The molecule has 1 aromatic rings. The average molecular weight is 545 g/mol. The first-order chi connectivity index (χ1) is 18.1. The minimum atomic E-state index is -1.83. The van der Waals surface area contributed by atoms with E-state index in [0.717, 1.165) is 23.3 Å². The lowest BCUT2D eigenvalue weighted by molar-refractivity contribution is -0.296. The third-order valence-electron chi connectivity index (χ3n) is 6.81. The number of methoxy groups -OCH3 is 1. The average Bonchev–Trinajstić information content (AvgIpc) is 3.05. The van der Waals surface area contributed by atoms with Crippen LogP contribution < -0.4 is 21.9 Å². The number of hydrogen-bond donors (Lipinski definition) is 7. The van der Waals surface area contributed by atoms with Crippen molar-refractivity contribution in [1.82, 2.24) is 20.2 Å². The first-order valence-corrected chi connectivity index (χ1v) is 12.2. The van der Waals surface area contributed by atoms with E-state index in [9.17, 15) is 39.6 Å². The minimum Gasteiger partial charge on any atom is -0.387 e. The Morgan fingerprint density at radius 1 is 1.11 bits per heavy atom. The number of ether oxygens (including phenoxy) is 4. The van der Waals surface area contributed by atoms with Crippen molar-refractivity contribution in [2.24, 2.45) is 0 Å². The number of rotatable bonds is 7. The molecule has 1 aromatic heterocycles. The summed E-state index contributed by atoms with van der Waals surface area (Å²) in [7, 11) is 1.29. The van der Waals surface area contributed by atoms with Gasteiger partial charge in [0.05, 0.1) is 6.61 Å². The van der Waals surface area contributed by atoms with E-state index in [1.165, 1.54) is 7.11 Å². The number of aromatic amines is 1. The maximum atomic E-state index is 12.8. The SMILES string of the molecule is CO[C@H]1[C@@H](O)[C@H](n2ccc(=O)[nH]c2=O)O[C@@H]1CO[C@H]1O[C@H](C(=O)N[C@H]2CCCCNC2=O)[C@@H](O)[C@H](O)[C@@H]1O. The van der Waals surface area contributed by atoms with Crippen LogP contribution in [0.15, 0.2) is 21.9 Å². The third-order valence-corrected chi connectivity index (χ3v) is 6.81. The van der Waals surface area contributed by atoms with Gasteiger partial charge in [-0.2, -0.15) is 0 Å². The van der Waals surface area contributed by atoms with E-state index in [0.29, 0.717) is 19.4 Å². The fourth-order valence-corrected chi connectivity index (χ4v) is 4.73. The molecule has 38 heavy (non-hydrogen) atoms. The Labute approximate surface area is 215 Å². The first kappa shape index (κ1) is 28.3. The van der Waals surface area contributed by atoms with Gasteiger partial charge in [-0.05, 0) is 19.3 Å². The summed E-state index contributed by atoms with van der Waals surface area (Å²) in [5.41, 5.74) is -1.46. The van der Waals surface area contributed by atoms with Crippen molar-refractivity contribution in [3.63, 3.8) is 0 Å². The zero-order valence-corrected chi connectivity index (χ0v) is 20.5. The third kappa shape index (κ3) is 5.81. The Kier molecular flexibility index (Phi) is 8.94. The van der Waals surface area contributed by atoms with Gasteiger partial charge in [0.1, 0.15) is 42.7 Å². The van der Waals surface area contributed by atoms with Crippen molar-refractivity contribution in [3.05, 3.63) is 33.1 Å². The number of H-pyrrole nitrogens is 1. The van der Waals surface area contributed by atoms with Crippen LogP contribution >= 0.6 is 0 Å². The molecule has 4 rings (SSSR count). The quantitative estimate of drug-likeness (QED) is 0.172. The van der Waals surface area contributed by atoms with Crippen molar-refractivity contribution in [1.29, 1.82) is 0 Å². The second kappa shape index (κ2) is 12.0. The van der Waals surface area contributed by atoms with E-state index in [2.05, 4.69) is 15.6 Å². The van der Waals surface area contributed by atoms with Crippen LogP contribution in [0.1, 0.15) is 25.5 Å².